The van der Waals surface area contributed by atoms with Gasteiger partial charge in [-0.2, -0.15) is 0 Å². The van der Waals surface area contributed by atoms with Gasteiger partial charge >= 0.3 is 0 Å². The van der Waals surface area contributed by atoms with Crippen LogP contribution in [0.1, 0.15) is 37.8 Å². The maximum Gasteiger partial charge on any atom is 0.220 e. The van der Waals surface area contributed by atoms with E-state index in [2.05, 4.69) is 10.6 Å². The number of rotatable bonds is 13. The Kier molecular flexibility index (Phi) is 10.5. The Hall–Kier alpha value is -3.42. The molecule has 0 saturated carbocycles. The van der Waals surface area contributed by atoms with Gasteiger partial charge in [-0.3, -0.25) is 9.59 Å². The lowest BCUT2D eigenvalue weighted by Gasteiger charge is -2.17. The van der Waals surface area contributed by atoms with Crippen molar-refractivity contribution in [3.63, 3.8) is 0 Å². The molecule has 8 nitrogen and oxygen atoms in total. The van der Waals surface area contributed by atoms with Crippen LogP contribution in [0, 0.1) is 0 Å². The highest BCUT2D eigenvalue weighted by Crippen LogP contribution is 2.29. The molecule has 0 bridgehead atoms. The molecule has 0 heterocycles. The van der Waals surface area contributed by atoms with Crippen molar-refractivity contribution >= 4 is 11.8 Å². The Balaban J connectivity index is 1.76. The van der Waals surface area contributed by atoms with Gasteiger partial charge in [-0.05, 0) is 62.1 Å². The van der Waals surface area contributed by atoms with Gasteiger partial charge in [-0.25, -0.2) is 0 Å². The lowest BCUT2D eigenvalue weighted by molar-refractivity contribution is -0.127. The van der Waals surface area contributed by atoms with Gasteiger partial charge in [0, 0.05) is 24.9 Å². The molecular formula is C26H36N2O6. The summed E-state index contributed by atoms with van der Waals surface area (Å²) in [6.07, 6.45) is 1.54. The van der Waals surface area contributed by atoms with Crippen molar-refractivity contribution < 1.29 is 28.5 Å². The van der Waals surface area contributed by atoms with Crippen LogP contribution in [-0.2, 0) is 22.4 Å². The molecule has 2 rings (SSSR count). The van der Waals surface area contributed by atoms with Crippen LogP contribution in [0.5, 0.6) is 23.0 Å². The second-order valence-electron chi connectivity index (χ2n) is 8.22. The summed E-state index contributed by atoms with van der Waals surface area (Å²) in [5.41, 5.74) is 2.04. The first-order valence-corrected chi connectivity index (χ1v) is 11.3. The van der Waals surface area contributed by atoms with Crippen LogP contribution in [0.25, 0.3) is 0 Å². The average molecular weight is 473 g/mol. The molecular weight excluding hydrogens is 436 g/mol. The molecule has 0 saturated heterocycles. The van der Waals surface area contributed by atoms with Gasteiger partial charge in [0.25, 0.3) is 0 Å². The lowest BCUT2D eigenvalue weighted by atomic mass is 10.1. The highest BCUT2D eigenvalue weighted by atomic mass is 16.5. The predicted molar refractivity (Wildman–Crippen MR) is 131 cm³/mol. The van der Waals surface area contributed by atoms with Crippen molar-refractivity contribution in [2.75, 3.05) is 28.4 Å². The smallest absolute Gasteiger partial charge is 0.220 e. The standard InChI is InChI=1S/C26H36N2O6/c1-17(13-19-7-9-21(31-3)23(15-19)33-5)27-25(29)11-12-26(30)28-18(2)14-20-8-10-22(32-4)24(16-20)34-6/h7-10,15-18H,11-14H2,1-6H3,(H,27,29)(H,28,30). The molecule has 0 radical (unpaired) electrons. The van der Waals surface area contributed by atoms with Crippen molar-refractivity contribution in [3.8, 4) is 23.0 Å². The summed E-state index contributed by atoms with van der Waals surface area (Å²) in [6, 6.07) is 11.2. The fraction of sp³-hybridized carbons (Fsp3) is 0.462. The van der Waals surface area contributed by atoms with Crippen LogP contribution in [0.4, 0.5) is 0 Å². The number of benzene rings is 2. The first-order valence-electron chi connectivity index (χ1n) is 11.3. The van der Waals surface area contributed by atoms with Crippen LogP contribution in [0.2, 0.25) is 0 Å². The second-order valence-corrected chi connectivity index (χ2v) is 8.22. The molecule has 8 heteroatoms. The molecule has 2 amide bonds. The van der Waals surface area contributed by atoms with E-state index in [1.54, 1.807) is 28.4 Å². The number of nitrogens with one attached hydrogen (secondary N) is 2. The minimum absolute atomic E-state index is 0.0855. The van der Waals surface area contributed by atoms with Gasteiger partial charge in [0.1, 0.15) is 0 Å². The number of hydrogen-bond acceptors (Lipinski definition) is 6. The minimum atomic E-state index is -0.157. The van der Waals surface area contributed by atoms with E-state index in [0.717, 1.165) is 11.1 Å². The van der Waals surface area contributed by atoms with E-state index in [4.69, 9.17) is 18.9 Å². The van der Waals surface area contributed by atoms with E-state index in [1.807, 2.05) is 50.2 Å². The Morgan fingerprint density at radius 3 is 1.32 bits per heavy atom. The predicted octanol–water partition coefficient (Wildman–Crippen LogP) is 3.30. The zero-order valence-electron chi connectivity index (χ0n) is 20.9. The number of carbonyl (C=O) groups is 2. The Bertz CT molecular complexity index is 885. The molecule has 2 atom stereocenters. The number of methoxy groups -OCH3 is 4. The van der Waals surface area contributed by atoms with E-state index in [9.17, 15) is 9.59 Å². The zero-order valence-corrected chi connectivity index (χ0v) is 20.9. The number of carbonyl (C=O) groups excluding carboxylic acids is 2. The molecule has 0 spiro atoms. The topological polar surface area (TPSA) is 95.1 Å². The van der Waals surface area contributed by atoms with Crippen molar-refractivity contribution in [2.24, 2.45) is 0 Å². The van der Waals surface area contributed by atoms with Crippen LogP contribution >= 0.6 is 0 Å². The van der Waals surface area contributed by atoms with Gasteiger partial charge in [0.05, 0.1) is 28.4 Å². The Morgan fingerprint density at radius 1 is 0.647 bits per heavy atom. The fourth-order valence-electron chi connectivity index (χ4n) is 3.75. The first-order chi connectivity index (χ1) is 16.3. The summed E-state index contributed by atoms with van der Waals surface area (Å²) in [5.74, 6) is 2.31. The highest BCUT2D eigenvalue weighted by Gasteiger charge is 2.14. The van der Waals surface area contributed by atoms with Gasteiger partial charge in [-0.1, -0.05) is 12.1 Å². The Morgan fingerprint density at radius 2 is 1.00 bits per heavy atom. The van der Waals surface area contributed by atoms with Gasteiger partial charge < -0.3 is 29.6 Å². The first kappa shape index (κ1) is 26.8. The zero-order chi connectivity index (χ0) is 25.1. The van der Waals surface area contributed by atoms with Gasteiger partial charge in [-0.15, -0.1) is 0 Å². The largest absolute Gasteiger partial charge is 0.493 e. The molecule has 0 aliphatic rings. The third kappa shape index (κ3) is 8.17. The minimum Gasteiger partial charge on any atom is -0.493 e. The summed E-state index contributed by atoms with van der Waals surface area (Å²) < 4.78 is 21.2. The molecule has 34 heavy (non-hydrogen) atoms. The molecule has 2 N–H and O–H groups in total. The van der Waals surface area contributed by atoms with Crippen molar-refractivity contribution in [2.45, 2.75) is 51.6 Å². The van der Waals surface area contributed by atoms with Crippen LogP contribution in [-0.4, -0.2) is 52.3 Å². The summed E-state index contributed by atoms with van der Waals surface area (Å²) >= 11 is 0. The molecule has 2 aromatic carbocycles. The van der Waals surface area contributed by atoms with E-state index in [-0.39, 0.29) is 36.7 Å². The number of amides is 2. The SMILES string of the molecule is COc1ccc(CC(C)NC(=O)CCC(=O)NC(C)Cc2ccc(OC)c(OC)c2)cc1OC. The summed E-state index contributed by atoms with van der Waals surface area (Å²) in [5, 5.41) is 5.90. The molecule has 2 aromatic rings. The van der Waals surface area contributed by atoms with Crippen LogP contribution < -0.4 is 29.6 Å². The average Bonchev–Trinajstić information content (AvgIpc) is 2.82. The molecule has 0 aromatic heterocycles. The third-order valence-electron chi connectivity index (χ3n) is 5.37. The number of ether oxygens (including phenoxy) is 4. The molecule has 0 fully saturated rings. The molecule has 0 aliphatic carbocycles. The van der Waals surface area contributed by atoms with E-state index in [0.29, 0.717) is 35.8 Å². The normalized spacial score (nSPS) is 12.3. The van der Waals surface area contributed by atoms with E-state index in [1.165, 1.54) is 0 Å². The number of hydrogen-bond donors (Lipinski definition) is 2. The third-order valence-corrected chi connectivity index (χ3v) is 5.37. The Labute approximate surface area is 201 Å². The highest BCUT2D eigenvalue weighted by molar-refractivity contribution is 5.84. The molecule has 2 unspecified atom stereocenters. The quantitative estimate of drug-likeness (QED) is 0.465. The van der Waals surface area contributed by atoms with Crippen molar-refractivity contribution in [3.05, 3.63) is 47.5 Å². The van der Waals surface area contributed by atoms with Crippen LogP contribution in [0.15, 0.2) is 36.4 Å². The van der Waals surface area contributed by atoms with Crippen LogP contribution in [0.3, 0.4) is 0 Å². The molecule has 0 aliphatic heterocycles. The van der Waals surface area contributed by atoms with Gasteiger partial charge in [0.15, 0.2) is 23.0 Å². The summed E-state index contributed by atoms with van der Waals surface area (Å²) in [4.78, 5) is 24.6. The lowest BCUT2D eigenvalue weighted by Crippen LogP contribution is -2.37. The summed E-state index contributed by atoms with van der Waals surface area (Å²) in [6.45, 7) is 3.86. The van der Waals surface area contributed by atoms with Crippen molar-refractivity contribution in [1.29, 1.82) is 0 Å². The maximum absolute atomic E-state index is 12.3. The summed E-state index contributed by atoms with van der Waals surface area (Å²) in [7, 11) is 6.36. The second kappa shape index (κ2) is 13.3. The fourth-order valence-corrected chi connectivity index (χ4v) is 3.75. The van der Waals surface area contributed by atoms with Gasteiger partial charge in [0.2, 0.25) is 11.8 Å². The van der Waals surface area contributed by atoms with Crippen molar-refractivity contribution in [1.82, 2.24) is 10.6 Å². The monoisotopic (exact) mass is 472 g/mol. The van der Waals surface area contributed by atoms with E-state index < -0.39 is 0 Å². The molecule has 186 valence electrons. The maximum atomic E-state index is 12.3. The van der Waals surface area contributed by atoms with E-state index >= 15 is 0 Å².